The molecule has 0 aliphatic heterocycles. The van der Waals surface area contributed by atoms with Crippen LogP contribution in [0.5, 0.6) is 0 Å². The molecule has 7 rings (SSSR count). The molecule has 7 aromatic rings. The number of rotatable bonds is 6. The van der Waals surface area contributed by atoms with E-state index in [-0.39, 0.29) is 5.54 Å². The van der Waals surface area contributed by atoms with Crippen LogP contribution in [0.4, 0.5) is 28.4 Å². The van der Waals surface area contributed by atoms with Crippen molar-refractivity contribution in [2.75, 3.05) is 9.80 Å². The van der Waals surface area contributed by atoms with Crippen molar-refractivity contribution in [1.29, 1.82) is 0 Å². The average molecular weight is 558 g/mol. The van der Waals surface area contributed by atoms with Gasteiger partial charge in [0, 0.05) is 50.4 Å². The number of anilines is 5. The van der Waals surface area contributed by atoms with E-state index >= 15 is 0 Å². The van der Waals surface area contributed by atoms with Crippen molar-refractivity contribution in [2.24, 2.45) is 0 Å². The summed E-state index contributed by atoms with van der Waals surface area (Å²) in [4.78, 5) is 4.72. The third kappa shape index (κ3) is 4.93. The molecule has 6 aromatic carbocycles. The summed E-state index contributed by atoms with van der Waals surface area (Å²) in [7, 11) is 0. The SMILES string of the molecule is CC(C)(C)N(c1ccccc1)c1ccc(N(c2ccccc2)c2ccc(-n3c4ccccc4c4ccccc43)cc2)cc1. The molecule has 0 amide bonds. The third-order valence-corrected chi connectivity index (χ3v) is 8.01. The van der Waals surface area contributed by atoms with Crippen molar-refractivity contribution in [3.63, 3.8) is 0 Å². The van der Waals surface area contributed by atoms with Gasteiger partial charge in [-0.1, -0.05) is 72.8 Å². The molecule has 0 spiro atoms. The number of para-hydroxylation sites is 4. The van der Waals surface area contributed by atoms with E-state index in [1.807, 2.05) is 0 Å². The molecule has 0 bridgehead atoms. The fourth-order valence-corrected chi connectivity index (χ4v) is 6.23. The molecule has 0 saturated heterocycles. The molecule has 0 N–H and O–H groups in total. The van der Waals surface area contributed by atoms with E-state index in [0.717, 1.165) is 28.4 Å². The van der Waals surface area contributed by atoms with Crippen LogP contribution in [-0.2, 0) is 0 Å². The molecule has 1 heterocycles. The van der Waals surface area contributed by atoms with Crippen molar-refractivity contribution in [1.82, 2.24) is 4.57 Å². The first-order valence-corrected chi connectivity index (χ1v) is 14.9. The fraction of sp³-hybridized carbons (Fsp3) is 0.100. The van der Waals surface area contributed by atoms with Gasteiger partial charge in [0.25, 0.3) is 0 Å². The minimum Gasteiger partial charge on any atom is -0.336 e. The Balaban J connectivity index is 1.29. The summed E-state index contributed by atoms with van der Waals surface area (Å²) in [6, 6.07) is 56.3. The summed E-state index contributed by atoms with van der Waals surface area (Å²) < 4.78 is 2.36. The maximum atomic E-state index is 2.39. The Morgan fingerprint density at radius 2 is 0.767 bits per heavy atom. The van der Waals surface area contributed by atoms with Gasteiger partial charge in [0.2, 0.25) is 0 Å². The number of hydrogen-bond acceptors (Lipinski definition) is 2. The van der Waals surface area contributed by atoms with E-state index < -0.39 is 0 Å². The van der Waals surface area contributed by atoms with Gasteiger partial charge in [0.15, 0.2) is 0 Å². The van der Waals surface area contributed by atoms with Gasteiger partial charge in [-0.3, -0.25) is 0 Å². The molecule has 0 aliphatic carbocycles. The Hall–Kier alpha value is -5.28. The highest BCUT2D eigenvalue weighted by molar-refractivity contribution is 6.09. The van der Waals surface area contributed by atoms with Crippen molar-refractivity contribution >= 4 is 50.2 Å². The summed E-state index contributed by atoms with van der Waals surface area (Å²) >= 11 is 0. The molecule has 0 fully saturated rings. The summed E-state index contributed by atoms with van der Waals surface area (Å²) in [5, 5.41) is 2.54. The van der Waals surface area contributed by atoms with Crippen LogP contribution in [-0.4, -0.2) is 10.1 Å². The van der Waals surface area contributed by atoms with Crippen molar-refractivity contribution in [3.05, 3.63) is 158 Å². The lowest BCUT2D eigenvalue weighted by Gasteiger charge is -2.38. The second kappa shape index (κ2) is 10.8. The van der Waals surface area contributed by atoms with Crippen molar-refractivity contribution in [3.8, 4) is 5.69 Å². The molecular weight excluding hydrogens is 522 g/mol. The molecule has 0 unspecified atom stereocenters. The van der Waals surface area contributed by atoms with Gasteiger partial charge in [0.1, 0.15) is 0 Å². The minimum atomic E-state index is -0.0787. The highest BCUT2D eigenvalue weighted by Crippen LogP contribution is 2.39. The lowest BCUT2D eigenvalue weighted by molar-refractivity contribution is 0.560. The Morgan fingerprint density at radius 1 is 0.395 bits per heavy atom. The Morgan fingerprint density at radius 3 is 1.28 bits per heavy atom. The van der Waals surface area contributed by atoms with E-state index in [1.54, 1.807) is 0 Å². The van der Waals surface area contributed by atoms with Gasteiger partial charge in [-0.2, -0.15) is 0 Å². The topological polar surface area (TPSA) is 11.4 Å². The maximum absolute atomic E-state index is 2.39. The quantitative estimate of drug-likeness (QED) is 0.201. The van der Waals surface area contributed by atoms with Crippen molar-refractivity contribution < 1.29 is 0 Å². The maximum Gasteiger partial charge on any atom is 0.0541 e. The fourth-order valence-electron chi connectivity index (χ4n) is 6.23. The smallest absolute Gasteiger partial charge is 0.0541 e. The minimum absolute atomic E-state index is 0.0787. The monoisotopic (exact) mass is 557 g/mol. The van der Waals surface area contributed by atoms with Crippen LogP contribution in [0.15, 0.2) is 158 Å². The molecule has 43 heavy (non-hydrogen) atoms. The van der Waals surface area contributed by atoms with Crippen LogP contribution < -0.4 is 9.80 Å². The molecule has 210 valence electrons. The molecular formula is C40H35N3. The third-order valence-electron chi connectivity index (χ3n) is 8.01. The Kier molecular flexibility index (Phi) is 6.71. The standard InChI is InChI=1S/C40H35N3/c1-40(2,3)43(34-16-8-5-9-17-34)35-28-26-32(27-29-35)41(30-14-6-4-7-15-30)31-22-24-33(25-23-31)42-38-20-12-10-18-36(38)37-19-11-13-21-39(37)42/h4-29H,1-3H3. The molecule has 0 aliphatic rings. The van der Waals surface area contributed by atoms with Crippen LogP contribution >= 0.6 is 0 Å². The zero-order valence-electron chi connectivity index (χ0n) is 24.9. The van der Waals surface area contributed by atoms with Crippen molar-refractivity contribution in [2.45, 2.75) is 26.3 Å². The van der Waals surface area contributed by atoms with E-state index in [0.29, 0.717) is 0 Å². The number of aromatic nitrogens is 1. The number of hydrogen-bond donors (Lipinski definition) is 0. The van der Waals surface area contributed by atoms with Gasteiger partial charge in [-0.05, 0) is 106 Å². The van der Waals surface area contributed by atoms with Gasteiger partial charge < -0.3 is 14.4 Å². The van der Waals surface area contributed by atoms with E-state index in [9.17, 15) is 0 Å². The summed E-state index contributed by atoms with van der Waals surface area (Å²) in [6.45, 7) is 6.76. The van der Waals surface area contributed by atoms with Gasteiger partial charge in [-0.25, -0.2) is 0 Å². The summed E-state index contributed by atoms with van der Waals surface area (Å²) in [5.41, 5.74) is 9.19. The number of nitrogens with zero attached hydrogens (tertiary/aromatic N) is 3. The zero-order chi connectivity index (χ0) is 29.4. The molecule has 0 saturated carbocycles. The first kappa shape index (κ1) is 26.6. The van der Waals surface area contributed by atoms with Crippen LogP contribution in [0.25, 0.3) is 27.5 Å². The first-order chi connectivity index (χ1) is 21.0. The Bertz CT molecular complexity index is 1930. The molecule has 3 heteroatoms. The van der Waals surface area contributed by atoms with Crippen LogP contribution in [0.2, 0.25) is 0 Å². The van der Waals surface area contributed by atoms with Crippen LogP contribution in [0, 0.1) is 0 Å². The summed E-state index contributed by atoms with van der Waals surface area (Å²) in [6.07, 6.45) is 0. The van der Waals surface area contributed by atoms with E-state index in [2.05, 4.69) is 193 Å². The van der Waals surface area contributed by atoms with E-state index in [4.69, 9.17) is 0 Å². The lowest BCUT2D eigenvalue weighted by atomic mass is 10.0. The largest absolute Gasteiger partial charge is 0.336 e. The molecule has 3 nitrogen and oxygen atoms in total. The van der Waals surface area contributed by atoms with E-state index in [1.165, 1.54) is 27.5 Å². The van der Waals surface area contributed by atoms with Crippen LogP contribution in [0.1, 0.15) is 20.8 Å². The average Bonchev–Trinajstić information content (AvgIpc) is 3.37. The first-order valence-electron chi connectivity index (χ1n) is 14.9. The van der Waals surface area contributed by atoms with Gasteiger partial charge in [0.05, 0.1) is 11.0 Å². The van der Waals surface area contributed by atoms with Gasteiger partial charge >= 0.3 is 0 Å². The predicted molar refractivity (Wildman–Crippen MR) is 184 cm³/mol. The molecule has 0 atom stereocenters. The number of benzene rings is 6. The highest BCUT2D eigenvalue weighted by Gasteiger charge is 2.24. The number of fused-ring (bicyclic) bond motifs is 3. The second-order valence-electron chi connectivity index (χ2n) is 11.9. The summed E-state index contributed by atoms with van der Waals surface area (Å²) in [5.74, 6) is 0. The molecule has 1 aromatic heterocycles. The zero-order valence-corrected chi connectivity index (χ0v) is 24.9. The van der Waals surface area contributed by atoms with Crippen LogP contribution in [0.3, 0.4) is 0 Å². The predicted octanol–water partition coefficient (Wildman–Crippen LogP) is 11.2. The lowest BCUT2D eigenvalue weighted by Crippen LogP contribution is -2.37. The Labute approximate surface area is 253 Å². The molecule has 0 radical (unpaired) electrons. The second-order valence-corrected chi connectivity index (χ2v) is 11.9. The van der Waals surface area contributed by atoms with Gasteiger partial charge in [-0.15, -0.1) is 0 Å². The highest BCUT2D eigenvalue weighted by atomic mass is 15.2. The normalized spacial score (nSPS) is 11.6.